The summed E-state index contributed by atoms with van der Waals surface area (Å²) < 4.78 is 34.5. The van der Waals surface area contributed by atoms with Crippen molar-refractivity contribution in [1.29, 1.82) is 0 Å². The van der Waals surface area contributed by atoms with Crippen molar-refractivity contribution < 1.29 is 13.2 Å². The van der Waals surface area contributed by atoms with Gasteiger partial charge in [-0.25, -0.2) is 8.42 Å². The van der Waals surface area contributed by atoms with Gasteiger partial charge >= 0.3 is 0 Å². The Morgan fingerprint density at radius 2 is 1.67 bits per heavy atom. The van der Waals surface area contributed by atoms with E-state index in [9.17, 15) is 8.42 Å². The third-order valence-corrected chi connectivity index (χ3v) is 7.41. The number of benzene rings is 3. The number of nitrogens with zero attached hydrogens (tertiary/aromatic N) is 1. The second kappa shape index (κ2) is 9.63. The molecule has 1 aliphatic rings. The van der Waals surface area contributed by atoms with Gasteiger partial charge in [-0.3, -0.25) is 4.72 Å². The summed E-state index contributed by atoms with van der Waals surface area (Å²) in [5, 5.41) is 4.12. The minimum Gasteiger partial charge on any atom is -0.495 e. The summed E-state index contributed by atoms with van der Waals surface area (Å²) in [7, 11) is -2.29. The fourth-order valence-electron chi connectivity index (χ4n) is 4.22. The van der Waals surface area contributed by atoms with Crippen molar-refractivity contribution in [3.63, 3.8) is 0 Å². The normalized spacial score (nSPS) is 18.7. The molecule has 3 aromatic carbocycles. The number of sulfonamides is 1. The topological polar surface area (TPSA) is 70.7 Å². The van der Waals surface area contributed by atoms with Crippen LogP contribution in [-0.2, 0) is 10.0 Å². The molecule has 0 aliphatic carbocycles. The van der Waals surface area contributed by atoms with Crippen LogP contribution in [0, 0.1) is 0 Å². The first kappa shape index (κ1) is 23.4. The SMILES string of the molecule is COc1ccc(N2C[C@@H](C)N[C@@H](C)C2)cc1NS(=O)(=O)c1ccc(-c2ccccc2Cl)cc1. The van der Waals surface area contributed by atoms with Crippen LogP contribution in [0.25, 0.3) is 11.1 Å². The van der Waals surface area contributed by atoms with Gasteiger partial charge in [0.15, 0.2) is 0 Å². The van der Waals surface area contributed by atoms with Gasteiger partial charge < -0.3 is 15.0 Å². The Balaban J connectivity index is 1.60. The van der Waals surface area contributed by atoms with Crippen LogP contribution in [0.5, 0.6) is 5.75 Å². The molecule has 33 heavy (non-hydrogen) atoms. The van der Waals surface area contributed by atoms with Crippen molar-refractivity contribution in [3.05, 3.63) is 71.8 Å². The van der Waals surface area contributed by atoms with Crippen LogP contribution >= 0.6 is 11.6 Å². The highest BCUT2D eigenvalue weighted by Crippen LogP contribution is 2.33. The van der Waals surface area contributed by atoms with Crippen molar-refractivity contribution in [1.82, 2.24) is 5.32 Å². The van der Waals surface area contributed by atoms with E-state index in [-0.39, 0.29) is 4.90 Å². The summed E-state index contributed by atoms with van der Waals surface area (Å²) in [6.45, 7) is 5.96. The van der Waals surface area contributed by atoms with Gasteiger partial charge in [0.2, 0.25) is 0 Å². The second-order valence-electron chi connectivity index (χ2n) is 8.37. The Morgan fingerprint density at radius 3 is 2.30 bits per heavy atom. The summed E-state index contributed by atoms with van der Waals surface area (Å²) in [6.07, 6.45) is 0. The summed E-state index contributed by atoms with van der Waals surface area (Å²) >= 11 is 6.27. The Kier molecular flexibility index (Phi) is 6.83. The van der Waals surface area contributed by atoms with Crippen molar-refractivity contribution in [2.45, 2.75) is 30.8 Å². The molecule has 4 rings (SSSR count). The molecule has 2 atom stereocenters. The van der Waals surface area contributed by atoms with Crippen LogP contribution in [0.3, 0.4) is 0 Å². The molecule has 6 nitrogen and oxygen atoms in total. The average molecular weight is 486 g/mol. The van der Waals surface area contributed by atoms with Crippen LogP contribution in [0.4, 0.5) is 11.4 Å². The van der Waals surface area contributed by atoms with E-state index in [1.807, 2.05) is 36.4 Å². The molecule has 1 heterocycles. The third-order valence-electron chi connectivity index (χ3n) is 5.70. The molecular weight excluding hydrogens is 458 g/mol. The number of hydrogen-bond acceptors (Lipinski definition) is 5. The number of piperazine rings is 1. The van der Waals surface area contributed by atoms with E-state index in [2.05, 4.69) is 28.8 Å². The van der Waals surface area contributed by atoms with Crippen LogP contribution in [0.15, 0.2) is 71.6 Å². The number of rotatable bonds is 6. The molecule has 1 fully saturated rings. The molecular formula is C25H28ClN3O3S. The highest BCUT2D eigenvalue weighted by atomic mass is 35.5. The zero-order valence-electron chi connectivity index (χ0n) is 18.9. The molecule has 0 spiro atoms. The van der Waals surface area contributed by atoms with Crippen LogP contribution in [-0.4, -0.2) is 40.7 Å². The van der Waals surface area contributed by atoms with E-state index in [0.717, 1.165) is 29.9 Å². The lowest BCUT2D eigenvalue weighted by Crippen LogP contribution is -2.54. The summed E-state index contributed by atoms with van der Waals surface area (Å²) in [5.41, 5.74) is 3.05. The molecule has 2 N–H and O–H groups in total. The van der Waals surface area contributed by atoms with Gasteiger partial charge in [0.25, 0.3) is 10.0 Å². The largest absolute Gasteiger partial charge is 0.495 e. The maximum absolute atomic E-state index is 13.2. The summed E-state index contributed by atoms with van der Waals surface area (Å²) in [4.78, 5) is 2.41. The molecule has 0 amide bonds. The molecule has 0 aromatic heterocycles. The minimum atomic E-state index is -3.82. The van der Waals surface area contributed by atoms with E-state index in [1.54, 1.807) is 30.3 Å². The van der Waals surface area contributed by atoms with E-state index in [4.69, 9.17) is 16.3 Å². The molecule has 174 valence electrons. The maximum Gasteiger partial charge on any atom is 0.262 e. The van der Waals surface area contributed by atoms with E-state index in [0.29, 0.717) is 28.5 Å². The van der Waals surface area contributed by atoms with Gasteiger partial charge in [-0.15, -0.1) is 0 Å². The first-order chi connectivity index (χ1) is 15.8. The Morgan fingerprint density at radius 1 is 1.00 bits per heavy atom. The number of methoxy groups -OCH3 is 1. The Hall–Kier alpha value is -2.74. The van der Waals surface area contributed by atoms with Gasteiger partial charge in [0.05, 0.1) is 17.7 Å². The van der Waals surface area contributed by atoms with Crippen molar-refractivity contribution in [2.24, 2.45) is 0 Å². The predicted molar refractivity (Wildman–Crippen MR) is 135 cm³/mol. The molecule has 0 saturated carbocycles. The van der Waals surface area contributed by atoms with Crippen LogP contribution < -0.4 is 19.7 Å². The van der Waals surface area contributed by atoms with Crippen molar-refractivity contribution in [3.8, 4) is 16.9 Å². The molecule has 1 aliphatic heterocycles. The zero-order chi connectivity index (χ0) is 23.6. The molecule has 3 aromatic rings. The fraction of sp³-hybridized carbons (Fsp3) is 0.280. The summed E-state index contributed by atoms with van der Waals surface area (Å²) in [6, 6.07) is 20.4. The van der Waals surface area contributed by atoms with Crippen LogP contribution in [0.2, 0.25) is 5.02 Å². The van der Waals surface area contributed by atoms with E-state index < -0.39 is 10.0 Å². The molecule has 0 unspecified atom stereocenters. The quantitative estimate of drug-likeness (QED) is 0.514. The Labute approximate surface area is 200 Å². The molecule has 0 radical (unpaired) electrons. The first-order valence-electron chi connectivity index (χ1n) is 10.8. The number of hydrogen-bond donors (Lipinski definition) is 2. The lowest BCUT2D eigenvalue weighted by molar-refractivity contribution is 0.406. The second-order valence-corrected chi connectivity index (χ2v) is 10.5. The minimum absolute atomic E-state index is 0.162. The van der Waals surface area contributed by atoms with Gasteiger partial charge in [-0.05, 0) is 55.8 Å². The van der Waals surface area contributed by atoms with E-state index in [1.165, 1.54) is 7.11 Å². The first-order valence-corrected chi connectivity index (χ1v) is 12.7. The zero-order valence-corrected chi connectivity index (χ0v) is 20.5. The molecule has 0 bridgehead atoms. The number of halogens is 1. The van der Waals surface area contributed by atoms with Crippen molar-refractivity contribution in [2.75, 3.05) is 29.8 Å². The monoisotopic (exact) mass is 485 g/mol. The van der Waals surface area contributed by atoms with Gasteiger partial charge in [0, 0.05) is 41.4 Å². The summed E-state index contributed by atoms with van der Waals surface area (Å²) in [5.74, 6) is 0.464. The number of nitrogens with one attached hydrogen (secondary N) is 2. The maximum atomic E-state index is 13.2. The lowest BCUT2D eigenvalue weighted by Gasteiger charge is -2.38. The van der Waals surface area contributed by atoms with Gasteiger partial charge in [-0.2, -0.15) is 0 Å². The van der Waals surface area contributed by atoms with Crippen molar-refractivity contribution >= 4 is 33.0 Å². The lowest BCUT2D eigenvalue weighted by atomic mass is 10.1. The predicted octanol–water partition coefficient (Wildman–Crippen LogP) is 5.00. The smallest absolute Gasteiger partial charge is 0.262 e. The average Bonchev–Trinajstić information content (AvgIpc) is 2.78. The number of anilines is 2. The molecule has 1 saturated heterocycles. The van der Waals surface area contributed by atoms with E-state index >= 15 is 0 Å². The fourth-order valence-corrected chi connectivity index (χ4v) is 5.53. The number of ether oxygens (including phenoxy) is 1. The Bertz CT molecular complexity index is 1220. The van der Waals surface area contributed by atoms with Gasteiger partial charge in [-0.1, -0.05) is 41.9 Å². The van der Waals surface area contributed by atoms with Gasteiger partial charge in [0.1, 0.15) is 5.75 Å². The highest BCUT2D eigenvalue weighted by Gasteiger charge is 2.23. The standard InChI is InChI=1S/C25H28ClN3O3S/c1-17-15-29(16-18(2)27-17)20-10-13-25(32-3)24(14-20)28-33(30,31)21-11-8-19(9-12-21)22-6-4-5-7-23(22)26/h4-14,17-18,27-28H,15-16H2,1-3H3/t17-,18+. The highest BCUT2D eigenvalue weighted by molar-refractivity contribution is 7.92. The third kappa shape index (κ3) is 5.27. The molecule has 8 heteroatoms. The van der Waals surface area contributed by atoms with Crippen LogP contribution in [0.1, 0.15) is 13.8 Å².